The number of hydrogen-bond acceptors (Lipinski definition) is 4. The fraction of sp³-hybridized carbons (Fsp3) is 0.391. The molecule has 146 valence electrons. The molecule has 0 saturated heterocycles. The van der Waals surface area contributed by atoms with E-state index >= 15 is 0 Å². The molecule has 28 heavy (non-hydrogen) atoms. The fourth-order valence-electron chi connectivity index (χ4n) is 3.90. The highest BCUT2D eigenvalue weighted by Crippen LogP contribution is 2.35. The Labute approximate surface area is 171 Å². The molecule has 0 unspecified atom stereocenters. The van der Waals surface area contributed by atoms with E-state index in [0.717, 1.165) is 29.3 Å². The molecule has 0 atom stereocenters. The number of pyridine rings is 1. The number of aromatic nitrogens is 1. The molecule has 0 bridgehead atoms. The molecule has 0 spiro atoms. The summed E-state index contributed by atoms with van der Waals surface area (Å²) in [5, 5.41) is 1.49. The maximum Gasteiger partial charge on any atom is 0.256 e. The van der Waals surface area contributed by atoms with Gasteiger partial charge in [-0.1, -0.05) is 31.1 Å². The number of methoxy groups -OCH3 is 1. The highest BCUT2D eigenvalue weighted by molar-refractivity contribution is 7.99. The van der Waals surface area contributed by atoms with E-state index < -0.39 is 0 Å². The first kappa shape index (κ1) is 19.1. The quantitative estimate of drug-likeness (QED) is 0.711. The molecule has 5 heteroatoms. The zero-order chi connectivity index (χ0) is 19.3. The van der Waals surface area contributed by atoms with Crippen molar-refractivity contribution in [1.29, 1.82) is 0 Å². The summed E-state index contributed by atoms with van der Waals surface area (Å²) in [5.41, 5.74) is 3.24. The largest absolute Gasteiger partial charge is 0.497 e. The summed E-state index contributed by atoms with van der Waals surface area (Å²) < 4.78 is 5.23. The lowest BCUT2D eigenvalue weighted by molar-refractivity contribution is 0.0768. The Morgan fingerprint density at radius 3 is 2.64 bits per heavy atom. The van der Waals surface area contributed by atoms with Crippen molar-refractivity contribution in [3.8, 4) is 5.75 Å². The lowest BCUT2D eigenvalue weighted by Crippen LogP contribution is -2.35. The molecule has 1 aromatic carbocycles. The number of hydrogen-bond donors (Lipinski definition) is 0. The Kier molecular flexibility index (Phi) is 6.01. The molecule has 4 nitrogen and oxygen atoms in total. The summed E-state index contributed by atoms with van der Waals surface area (Å²) >= 11 is 1.79. The van der Waals surface area contributed by atoms with Gasteiger partial charge in [0.1, 0.15) is 10.8 Å². The van der Waals surface area contributed by atoms with Crippen molar-refractivity contribution in [2.24, 2.45) is 0 Å². The smallest absolute Gasteiger partial charge is 0.256 e. The lowest BCUT2D eigenvalue weighted by atomic mass is 9.99. The van der Waals surface area contributed by atoms with Gasteiger partial charge in [0.15, 0.2) is 0 Å². The summed E-state index contributed by atoms with van der Waals surface area (Å²) in [4.78, 5) is 19.6. The molecule has 0 N–H and O–H groups in total. The van der Waals surface area contributed by atoms with Crippen LogP contribution < -0.4 is 4.74 Å². The molecule has 4 rings (SSSR count). The van der Waals surface area contributed by atoms with E-state index in [1.54, 1.807) is 25.1 Å². The van der Waals surface area contributed by atoms with Crippen LogP contribution in [0.2, 0.25) is 0 Å². The monoisotopic (exact) mass is 394 g/mol. The van der Waals surface area contributed by atoms with Crippen LogP contribution in [0.5, 0.6) is 5.75 Å². The molecule has 1 aromatic heterocycles. The number of amides is 1. The van der Waals surface area contributed by atoms with Gasteiger partial charge in [0.05, 0.1) is 12.7 Å². The molecular formula is C23H26N2O2S. The minimum absolute atomic E-state index is 0.0960. The number of nitrogens with zero attached hydrogens (tertiary/aromatic N) is 2. The third-order valence-electron chi connectivity index (χ3n) is 5.54. The topological polar surface area (TPSA) is 42.4 Å². The van der Waals surface area contributed by atoms with Gasteiger partial charge >= 0.3 is 0 Å². The molecule has 1 fully saturated rings. The van der Waals surface area contributed by atoms with Gasteiger partial charge in [-0.05, 0) is 54.7 Å². The molecule has 1 aliphatic carbocycles. The number of rotatable bonds is 5. The molecule has 1 amide bonds. The molecular weight excluding hydrogens is 368 g/mol. The number of thioether (sulfide) groups is 1. The van der Waals surface area contributed by atoms with Crippen LogP contribution in [-0.4, -0.2) is 41.2 Å². The maximum atomic E-state index is 13.1. The predicted molar refractivity (Wildman–Crippen MR) is 114 cm³/mol. The standard InChI is InChI=1S/C23H26N2O2S/c1-27-19-10-8-17(9-11-19)18-12-15-25(16-13-18)23(26)21-7-4-14-24-22(21)28-20-5-2-3-6-20/h4,7-12,14,20H,2-3,5-6,13,15-16H2,1H3. The lowest BCUT2D eigenvalue weighted by Gasteiger charge is -2.27. The molecule has 0 radical (unpaired) electrons. The molecule has 2 heterocycles. The second-order valence-corrected chi connectivity index (χ2v) is 8.63. The minimum Gasteiger partial charge on any atom is -0.497 e. The number of carbonyl (C=O) groups excluding carboxylic acids is 1. The maximum absolute atomic E-state index is 13.1. The molecule has 2 aliphatic rings. The van der Waals surface area contributed by atoms with Crippen molar-refractivity contribution in [1.82, 2.24) is 9.88 Å². The summed E-state index contributed by atoms with van der Waals surface area (Å²) in [5.74, 6) is 0.958. The van der Waals surface area contributed by atoms with Crippen molar-refractivity contribution in [2.75, 3.05) is 20.2 Å². The molecule has 2 aromatic rings. The molecule has 1 saturated carbocycles. The van der Waals surface area contributed by atoms with E-state index in [-0.39, 0.29) is 5.91 Å². The third-order valence-corrected chi connectivity index (χ3v) is 6.89. The van der Waals surface area contributed by atoms with E-state index in [0.29, 0.717) is 11.8 Å². The normalized spacial score (nSPS) is 17.5. The van der Waals surface area contributed by atoms with Crippen LogP contribution in [0, 0.1) is 0 Å². The second-order valence-electron chi connectivity index (χ2n) is 7.34. The van der Waals surface area contributed by atoms with Crippen molar-refractivity contribution in [2.45, 2.75) is 42.4 Å². The van der Waals surface area contributed by atoms with Gasteiger partial charge in [0.25, 0.3) is 5.91 Å². The third kappa shape index (κ3) is 4.25. The van der Waals surface area contributed by atoms with Crippen LogP contribution in [0.25, 0.3) is 5.57 Å². The zero-order valence-corrected chi connectivity index (χ0v) is 17.1. The van der Waals surface area contributed by atoms with Gasteiger partial charge in [0, 0.05) is 24.5 Å². The summed E-state index contributed by atoms with van der Waals surface area (Å²) in [7, 11) is 1.68. The number of ether oxygens (including phenoxy) is 1. The first-order chi connectivity index (χ1) is 13.7. The van der Waals surface area contributed by atoms with Crippen molar-refractivity contribution in [3.05, 3.63) is 59.8 Å². The van der Waals surface area contributed by atoms with Crippen LogP contribution in [0.15, 0.2) is 53.7 Å². The van der Waals surface area contributed by atoms with Gasteiger partial charge in [0.2, 0.25) is 0 Å². The van der Waals surface area contributed by atoms with Crippen molar-refractivity contribution in [3.63, 3.8) is 0 Å². The van der Waals surface area contributed by atoms with E-state index in [1.165, 1.54) is 36.8 Å². The van der Waals surface area contributed by atoms with E-state index in [4.69, 9.17) is 4.74 Å². The van der Waals surface area contributed by atoms with Gasteiger partial charge in [-0.15, -0.1) is 11.8 Å². The first-order valence-corrected chi connectivity index (χ1v) is 10.9. The molecule has 1 aliphatic heterocycles. The van der Waals surface area contributed by atoms with Crippen LogP contribution in [0.3, 0.4) is 0 Å². The Morgan fingerprint density at radius 1 is 1.18 bits per heavy atom. The highest BCUT2D eigenvalue weighted by Gasteiger charge is 2.24. The van der Waals surface area contributed by atoms with Crippen LogP contribution >= 0.6 is 11.8 Å². The Hall–Kier alpha value is -2.27. The van der Waals surface area contributed by atoms with Crippen molar-refractivity contribution < 1.29 is 9.53 Å². The Bertz CT molecular complexity index is 857. The summed E-state index contributed by atoms with van der Waals surface area (Å²) in [6, 6.07) is 11.9. The van der Waals surface area contributed by atoms with Gasteiger partial charge in [-0.2, -0.15) is 0 Å². The SMILES string of the molecule is COc1ccc(C2=CCN(C(=O)c3cccnc3SC3CCCC3)CC2)cc1. The van der Waals surface area contributed by atoms with Gasteiger partial charge < -0.3 is 9.64 Å². The van der Waals surface area contributed by atoms with E-state index in [9.17, 15) is 4.79 Å². The van der Waals surface area contributed by atoms with E-state index in [2.05, 4.69) is 23.2 Å². The van der Waals surface area contributed by atoms with Crippen LogP contribution in [-0.2, 0) is 0 Å². The van der Waals surface area contributed by atoms with Crippen molar-refractivity contribution >= 4 is 23.2 Å². The highest BCUT2D eigenvalue weighted by atomic mass is 32.2. The Morgan fingerprint density at radius 2 is 1.96 bits per heavy atom. The van der Waals surface area contributed by atoms with Gasteiger partial charge in [-0.25, -0.2) is 4.98 Å². The summed E-state index contributed by atoms with van der Waals surface area (Å²) in [6.45, 7) is 1.38. The average Bonchev–Trinajstić information content (AvgIpc) is 3.27. The second kappa shape index (κ2) is 8.82. The van der Waals surface area contributed by atoms with E-state index in [1.807, 2.05) is 29.2 Å². The number of carbonyl (C=O) groups is 1. The predicted octanol–water partition coefficient (Wildman–Crippen LogP) is 5.05. The Balaban J connectivity index is 1.45. The minimum atomic E-state index is 0.0960. The zero-order valence-electron chi connectivity index (χ0n) is 16.3. The average molecular weight is 395 g/mol. The van der Waals surface area contributed by atoms with Gasteiger partial charge in [-0.3, -0.25) is 4.79 Å². The summed E-state index contributed by atoms with van der Waals surface area (Å²) in [6.07, 6.45) is 9.87. The van der Waals surface area contributed by atoms with Crippen LogP contribution in [0.1, 0.15) is 48.0 Å². The fourth-order valence-corrected chi connectivity index (χ4v) is 5.19. The van der Waals surface area contributed by atoms with Crippen LogP contribution in [0.4, 0.5) is 0 Å². The number of benzene rings is 1. The first-order valence-electron chi connectivity index (χ1n) is 9.99.